The Hall–Kier alpha value is -4.16. The molecule has 1 aliphatic carbocycles. The molecule has 0 nitrogen and oxygen atoms in total. The Morgan fingerprint density at radius 2 is 1.00 bits per heavy atom. The van der Waals surface area contributed by atoms with Gasteiger partial charge in [0.2, 0.25) is 0 Å². The van der Waals surface area contributed by atoms with Crippen LogP contribution in [0.25, 0.3) is 54.9 Å². The van der Waals surface area contributed by atoms with Crippen molar-refractivity contribution >= 4 is 21.5 Å². The maximum Gasteiger partial charge on any atom is 0.0159 e. The SMILES string of the molecule is Cc1ccc(-c2c3ccccc3c(-c3ccc4c(c3)C(C)(C)c3ccccc3-4)c3cc(C)ccc23)cc1. The van der Waals surface area contributed by atoms with E-state index < -0.39 is 0 Å². The van der Waals surface area contributed by atoms with Crippen LogP contribution in [0.1, 0.15) is 36.1 Å². The van der Waals surface area contributed by atoms with Gasteiger partial charge >= 0.3 is 0 Å². The Bertz CT molecular complexity index is 1850. The Morgan fingerprint density at radius 1 is 0.432 bits per heavy atom. The van der Waals surface area contributed by atoms with Gasteiger partial charge in [0, 0.05) is 5.41 Å². The monoisotopic (exact) mass is 474 g/mol. The first kappa shape index (κ1) is 22.1. The van der Waals surface area contributed by atoms with E-state index in [2.05, 4.69) is 137 Å². The number of fused-ring (bicyclic) bond motifs is 5. The summed E-state index contributed by atoms with van der Waals surface area (Å²) in [5.41, 5.74) is 13.3. The second-order valence-electron chi connectivity index (χ2n) is 11.1. The maximum absolute atomic E-state index is 2.46. The molecule has 0 heterocycles. The molecule has 0 aliphatic heterocycles. The van der Waals surface area contributed by atoms with Crippen LogP contribution in [-0.4, -0.2) is 0 Å². The van der Waals surface area contributed by atoms with Crippen LogP contribution in [0.3, 0.4) is 0 Å². The molecule has 178 valence electrons. The molecule has 0 saturated heterocycles. The quantitative estimate of drug-likeness (QED) is 0.219. The number of rotatable bonds is 2. The van der Waals surface area contributed by atoms with Crippen LogP contribution in [0.15, 0.2) is 109 Å². The second-order valence-corrected chi connectivity index (χ2v) is 11.1. The molecule has 0 fully saturated rings. The van der Waals surface area contributed by atoms with Crippen molar-refractivity contribution < 1.29 is 0 Å². The maximum atomic E-state index is 2.46. The van der Waals surface area contributed by atoms with Crippen LogP contribution in [0.5, 0.6) is 0 Å². The van der Waals surface area contributed by atoms with Gasteiger partial charge in [-0.3, -0.25) is 0 Å². The third-order valence-electron chi connectivity index (χ3n) is 8.39. The summed E-state index contributed by atoms with van der Waals surface area (Å²) < 4.78 is 0. The fraction of sp³-hybridized carbons (Fsp3) is 0.135. The van der Waals surface area contributed by atoms with Crippen LogP contribution < -0.4 is 0 Å². The fourth-order valence-electron chi connectivity index (χ4n) is 6.49. The molecule has 0 unspecified atom stereocenters. The summed E-state index contributed by atoms with van der Waals surface area (Å²) in [4.78, 5) is 0. The van der Waals surface area contributed by atoms with E-state index in [9.17, 15) is 0 Å². The van der Waals surface area contributed by atoms with Crippen molar-refractivity contribution in [3.8, 4) is 33.4 Å². The van der Waals surface area contributed by atoms with E-state index in [4.69, 9.17) is 0 Å². The molecule has 0 atom stereocenters. The highest BCUT2D eigenvalue weighted by atomic mass is 14.4. The Morgan fingerprint density at radius 3 is 1.76 bits per heavy atom. The minimum atomic E-state index is -0.0225. The lowest BCUT2D eigenvalue weighted by atomic mass is 9.80. The summed E-state index contributed by atoms with van der Waals surface area (Å²) >= 11 is 0. The lowest BCUT2D eigenvalue weighted by Crippen LogP contribution is -2.14. The Kier molecular flexibility index (Phi) is 4.72. The molecular weight excluding hydrogens is 444 g/mol. The van der Waals surface area contributed by atoms with Gasteiger partial charge in [0.25, 0.3) is 0 Å². The largest absolute Gasteiger partial charge is 0.0619 e. The molecule has 0 N–H and O–H groups in total. The number of aryl methyl sites for hydroxylation is 2. The lowest BCUT2D eigenvalue weighted by molar-refractivity contribution is 0.660. The summed E-state index contributed by atoms with van der Waals surface area (Å²) in [5, 5.41) is 5.25. The van der Waals surface area contributed by atoms with Gasteiger partial charge in [-0.1, -0.05) is 128 Å². The first-order valence-corrected chi connectivity index (χ1v) is 13.2. The summed E-state index contributed by atoms with van der Waals surface area (Å²) in [5.74, 6) is 0. The molecule has 6 aromatic rings. The first-order chi connectivity index (χ1) is 17.9. The average Bonchev–Trinajstić information content (AvgIpc) is 3.14. The van der Waals surface area contributed by atoms with Gasteiger partial charge in [-0.25, -0.2) is 0 Å². The third-order valence-corrected chi connectivity index (χ3v) is 8.39. The van der Waals surface area contributed by atoms with Crippen LogP contribution in [-0.2, 0) is 5.41 Å². The van der Waals surface area contributed by atoms with Crippen LogP contribution in [0.2, 0.25) is 0 Å². The highest BCUT2D eigenvalue weighted by Gasteiger charge is 2.35. The zero-order valence-corrected chi connectivity index (χ0v) is 21.9. The van der Waals surface area contributed by atoms with Crippen molar-refractivity contribution in [3.63, 3.8) is 0 Å². The minimum Gasteiger partial charge on any atom is -0.0619 e. The van der Waals surface area contributed by atoms with E-state index in [0.717, 1.165) is 0 Å². The zero-order valence-electron chi connectivity index (χ0n) is 21.9. The van der Waals surface area contributed by atoms with E-state index >= 15 is 0 Å². The Labute approximate surface area is 219 Å². The predicted molar refractivity (Wildman–Crippen MR) is 159 cm³/mol. The number of hydrogen-bond donors (Lipinski definition) is 0. The molecule has 0 spiro atoms. The van der Waals surface area contributed by atoms with Gasteiger partial charge in [-0.15, -0.1) is 0 Å². The molecule has 0 heteroatoms. The van der Waals surface area contributed by atoms with Crippen molar-refractivity contribution in [3.05, 3.63) is 131 Å². The van der Waals surface area contributed by atoms with Gasteiger partial charge in [-0.05, 0) is 86.0 Å². The van der Waals surface area contributed by atoms with Gasteiger partial charge in [-0.2, -0.15) is 0 Å². The molecule has 0 bridgehead atoms. The number of hydrogen-bond acceptors (Lipinski definition) is 0. The van der Waals surface area contributed by atoms with Crippen molar-refractivity contribution in [2.24, 2.45) is 0 Å². The Balaban J connectivity index is 1.58. The molecule has 0 amide bonds. The molecule has 37 heavy (non-hydrogen) atoms. The van der Waals surface area contributed by atoms with E-state index in [1.807, 2.05) is 0 Å². The normalized spacial score (nSPS) is 13.6. The van der Waals surface area contributed by atoms with Gasteiger partial charge in [0.1, 0.15) is 0 Å². The van der Waals surface area contributed by atoms with E-state index in [1.54, 1.807) is 0 Å². The molecular formula is C37H30. The molecule has 1 aliphatic rings. The highest BCUT2D eigenvalue weighted by Crippen LogP contribution is 2.51. The van der Waals surface area contributed by atoms with Crippen molar-refractivity contribution in [2.45, 2.75) is 33.1 Å². The molecule has 0 radical (unpaired) electrons. The van der Waals surface area contributed by atoms with E-state index in [1.165, 1.54) is 77.2 Å². The standard InChI is InChI=1S/C37H30/c1-23-13-16-25(17-14-23)35-29-10-5-6-11-30(29)36(32-21-24(2)15-19-31(32)35)26-18-20-28-27-9-7-8-12-33(27)37(3,4)34(28)22-26/h5-22H,1-4H3. The zero-order chi connectivity index (χ0) is 25.3. The number of benzene rings is 6. The molecule has 7 rings (SSSR count). The molecule has 6 aromatic carbocycles. The summed E-state index contributed by atoms with van der Waals surface area (Å²) in [6.45, 7) is 9.08. The van der Waals surface area contributed by atoms with Gasteiger partial charge in [0.05, 0.1) is 0 Å². The van der Waals surface area contributed by atoms with Crippen LogP contribution >= 0.6 is 0 Å². The fourth-order valence-corrected chi connectivity index (χ4v) is 6.49. The average molecular weight is 475 g/mol. The predicted octanol–water partition coefficient (Wildman–Crippen LogP) is 10.3. The third kappa shape index (κ3) is 3.22. The van der Waals surface area contributed by atoms with Gasteiger partial charge in [0.15, 0.2) is 0 Å². The van der Waals surface area contributed by atoms with Crippen molar-refractivity contribution in [1.82, 2.24) is 0 Å². The first-order valence-electron chi connectivity index (χ1n) is 13.2. The van der Waals surface area contributed by atoms with Crippen LogP contribution in [0, 0.1) is 13.8 Å². The lowest BCUT2D eigenvalue weighted by Gasteiger charge is -2.23. The van der Waals surface area contributed by atoms with E-state index in [0.29, 0.717) is 0 Å². The summed E-state index contributed by atoms with van der Waals surface area (Å²) in [6.07, 6.45) is 0. The van der Waals surface area contributed by atoms with Gasteiger partial charge < -0.3 is 0 Å². The summed E-state index contributed by atoms with van der Waals surface area (Å²) in [6, 6.07) is 40.9. The van der Waals surface area contributed by atoms with Crippen molar-refractivity contribution in [1.29, 1.82) is 0 Å². The van der Waals surface area contributed by atoms with E-state index in [-0.39, 0.29) is 5.41 Å². The molecule has 0 aromatic heterocycles. The summed E-state index contributed by atoms with van der Waals surface area (Å²) in [7, 11) is 0. The topological polar surface area (TPSA) is 0 Å². The molecule has 0 saturated carbocycles. The van der Waals surface area contributed by atoms with Crippen molar-refractivity contribution in [2.75, 3.05) is 0 Å². The smallest absolute Gasteiger partial charge is 0.0159 e. The highest BCUT2D eigenvalue weighted by molar-refractivity contribution is 6.21. The second kappa shape index (κ2) is 7.92. The minimum absolute atomic E-state index is 0.0225. The van der Waals surface area contributed by atoms with Crippen LogP contribution in [0.4, 0.5) is 0 Å².